The first-order valence-corrected chi connectivity index (χ1v) is 6.99. The van der Waals surface area contributed by atoms with E-state index in [1.165, 1.54) is 18.2 Å². The van der Waals surface area contributed by atoms with Crippen LogP contribution in [0.25, 0.3) is 0 Å². The maximum Gasteiger partial charge on any atom is 0.387 e. The molecule has 0 unspecified atom stereocenters. The maximum atomic E-state index is 12.7. The molecule has 1 N–H and O–H groups in total. The monoisotopic (exact) mass is 335 g/mol. The molecule has 7 heteroatoms. The highest BCUT2D eigenvalue weighted by Crippen LogP contribution is 2.42. The van der Waals surface area contributed by atoms with E-state index in [4.69, 9.17) is 11.6 Å². The number of allylic oxidation sites excluding steroid dienone is 4. The molecule has 0 aromatic heterocycles. The second kappa shape index (κ2) is 6.68. The zero-order valence-corrected chi connectivity index (χ0v) is 13.1. The number of hydrogen-bond acceptors (Lipinski definition) is 4. The predicted octanol–water partition coefficient (Wildman–Crippen LogP) is 4.22. The fraction of sp³-hybridized carbons (Fsp3) is 0.250. The molecule has 0 fully saturated rings. The number of dihydropyridines is 1. The molecule has 0 radical (unpaired) electrons. The number of halogens is 3. The minimum Gasteiger partial charge on any atom is -0.435 e. The molecule has 1 aromatic rings. The Labute approximate surface area is 137 Å². The van der Waals surface area contributed by atoms with Gasteiger partial charge in [-0.1, -0.05) is 11.6 Å². The average Bonchev–Trinajstić information content (AvgIpc) is 2.48. The number of alkyl halides is 2. The lowest BCUT2D eigenvalue weighted by Crippen LogP contribution is -2.24. The normalized spacial score (nSPS) is 15.3. The molecule has 2 rings (SSSR count). The molecule has 1 heterocycles. The number of rotatable bonds is 3. The molecule has 0 saturated heterocycles. The van der Waals surface area contributed by atoms with Gasteiger partial charge in [-0.05, 0) is 32.0 Å². The molecule has 23 heavy (non-hydrogen) atoms. The first kappa shape index (κ1) is 16.8. The Morgan fingerprint density at radius 1 is 1.17 bits per heavy atom. The van der Waals surface area contributed by atoms with Crippen LogP contribution in [0, 0.1) is 22.7 Å². The topological polar surface area (TPSA) is 68.8 Å². The third-order valence-electron chi connectivity index (χ3n) is 3.50. The Balaban J connectivity index is 2.70. The smallest absolute Gasteiger partial charge is 0.387 e. The number of hydrogen-bond donors (Lipinski definition) is 1. The summed E-state index contributed by atoms with van der Waals surface area (Å²) in [5, 5.41) is 22.1. The summed E-state index contributed by atoms with van der Waals surface area (Å²) in [6.45, 7) is 0.339. The number of nitriles is 2. The van der Waals surface area contributed by atoms with Crippen molar-refractivity contribution in [3.63, 3.8) is 0 Å². The van der Waals surface area contributed by atoms with Crippen molar-refractivity contribution >= 4 is 11.6 Å². The van der Waals surface area contributed by atoms with E-state index in [9.17, 15) is 19.3 Å². The largest absolute Gasteiger partial charge is 0.435 e. The molecule has 1 aliphatic heterocycles. The van der Waals surface area contributed by atoms with Crippen LogP contribution in [0.5, 0.6) is 5.75 Å². The number of ether oxygens (including phenoxy) is 1. The molecule has 0 saturated carbocycles. The quantitative estimate of drug-likeness (QED) is 0.897. The second-order valence-electron chi connectivity index (χ2n) is 4.92. The van der Waals surface area contributed by atoms with Crippen LogP contribution >= 0.6 is 11.6 Å². The Morgan fingerprint density at radius 3 is 2.22 bits per heavy atom. The third-order valence-corrected chi connectivity index (χ3v) is 3.74. The standard InChI is InChI=1S/C16H12ClF2N3O/c1-8-12(6-20)15(13(7-21)9(2)22-8)11-5-10(17)3-4-14(11)23-16(18)19/h3-5,15-16,22H,1-2H3. The molecule has 0 atom stereocenters. The maximum absolute atomic E-state index is 12.7. The summed E-state index contributed by atoms with van der Waals surface area (Å²) in [5.74, 6) is -0.920. The lowest BCUT2D eigenvalue weighted by molar-refractivity contribution is -0.0504. The van der Waals surface area contributed by atoms with E-state index < -0.39 is 12.5 Å². The van der Waals surface area contributed by atoms with Crippen molar-refractivity contribution in [1.29, 1.82) is 10.5 Å². The Bertz CT molecular complexity index is 751. The van der Waals surface area contributed by atoms with Crippen molar-refractivity contribution in [1.82, 2.24) is 5.32 Å². The molecule has 1 aromatic carbocycles. The number of nitrogens with one attached hydrogen (secondary N) is 1. The van der Waals surface area contributed by atoms with Crippen molar-refractivity contribution in [3.8, 4) is 17.9 Å². The predicted molar refractivity (Wildman–Crippen MR) is 80.6 cm³/mol. The summed E-state index contributed by atoms with van der Waals surface area (Å²) in [7, 11) is 0. The van der Waals surface area contributed by atoms with Crippen LogP contribution in [0.1, 0.15) is 25.3 Å². The Morgan fingerprint density at radius 2 is 1.74 bits per heavy atom. The van der Waals surface area contributed by atoms with Crippen LogP contribution in [0.2, 0.25) is 5.02 Å². The molecular weight excluding hydrogens is 324 g/mol. The summed E-state index contributed by atoms with van der Waals surface area (Å²) in [6.07, 6.45) is 0. The summed E-state index contributed by atoms with van der Waals surface area (Å²) in [4.78, 5) is 0. The van der Waals surface area contributed by atoms with Gasteiger partial charge in [-0.25, -0.2) is 0 Å². The van der Waals surface area contributed by atoms with E-state index in [2.05, 4.69) is 10.1 Å². The SMILES string of the molecule is CC1=C(C#N)C(c2cc(Cl)ccc2OC(F)F)C(C#N)=C(C)N1. The number of benzene rings is 1. The van der Waals surface area contributed by atoms with Gasteiger partial charge < -0.3 is 10.1 Å². The van der Waals surface area contributed by atoms with Crippen molar-refractivity contribution < 1.29 is 13.5 Å². The van der Waals surface area contributed by atoms with E-state index in [0.717, 1.165) is 0 Å². The fourth-order valence-corrected chi connectivity index (χ4v) is 2.73. The summed E-state index contributed by atoms with van der Waals surface area (Å²) in [5.41, 5.74) is 1.88. The van der Waals surface area contributed by atoms with Crippen LogP contribution in [0.3, 0.4) is 0 Å². The highest BCUT2D eigenvalue weighted by Gasteiger charge is 2.32. The van der Waals surface area contributed by atoms with Crippen LogP contribution in [-0.4, -0.2) is 6.61 Å². The van der Waals surface area contributed by atoms with Gasteiger partial charge in [0.25, 0.3) is 0 Å². The molecule has 0 spiro atoms. The van der Waals surface area contributed by atoms with Gasteiger partial charge in [0.2, 0.25) is 0 Å². The van der Waals surface area contributed by atoms with Crippen LogP contribution in [0.15, 0.2) is 40.7 Å². The van der Waals surface area contributed by atoms with Crippen LogP contribution in [0.4, 0.5) is 8.78 Å². The minimum atomic E-state index is -3.03. The van der Waals surface area contributed by atoms with Gasteiger partial charge in [-0.15, -0.1) is 0 Å². The lowest BCUT2D eigenvalue weighted by atomic mass is 9.81. The van der Waals surface area contributed by atoms with E-state index in [-0.39, 0.29) is 22.5 Å². The van der Waals surface area contributed by atoms with Crippen LogP contribution in [-0.2, 0) is 0 Å². The molecule has 1 aliphatic rings. The van der Waals surface area contributed by atoms with Crippen molar-refractivity contribution in [3.05, 3.63) is 51.3 Å². The molecule has 118 valence electrons. The zero-order chi connectivity index (χ0) is 17.1. The van der Waals surface area contributed by atoms with E-state index >= 15 is 0 Å². The molecule has 4 nitrogen and oxygen atoms in total. The highest BCUT2D eigenvalue weighted by atomic mass is 35.5. The van der Waals surface area contributed by atoms with Gasteiger partial charge in [0.05, 0.1) is 29.2 Å². The minimum absolute atomic E-state index is 0.114. The fourth-order valence-electron chi connectivity index (χ4n) is 2.55. The van der Waals surface area contributed by atoms with E-state index in [1.54, 1.807) is 13.8 Å². The second-order valence-corrected chi connectivity index (χ2v) is 5.36. The lowest BCUT2D eigenvalue weighted by Gasteiger charge is -2.27. The van der Waals surface area contributed by atoms with Crippen molar-refractivity contribution in [2.75, 3.05) is 0 Å². The van der Waals surface area contributed by atoms with Gasteiger partial charge in [0.1, 0.15) is 5.75 Å². The molecule has 0 bridgehead atoms. The first-order chi connectivity index (χ1) is 10.9. The van der Waals surface area contributed by atoms with E-state index in [1.807, 2.05) is 12.1 Å². The Hall–Kier alpha value is -2.57. The zero-order valence-electron chi connectivity index (χ0n) is 12.3. The third kappa shape index (κ3) is 3.28. The average molecular weight is 336 g/mol. The van der Waals surface area contributed by atoms with Crippen LogP contribution < -0.4 is 10.1 Å². The molecule has 0 aliphatic carbocycles. The van der Waals surface area contributed by atoms with Gasteiger partial charge in [0, 0.05) is 22.0 Å². The van der Waals surface area contributed by atoms with Gasteiger partial charge in [-0.2, -0.15) is 19.3 Å². The van der Waals surface area contributed by atoms with Crippen molar-refractivity contribution in [2.24, 2.45) is 0 Å². The molecule has 0 amide bonds. The van der Waals surface area contributed by atoms with E-state index in [0.29, 0.717) is 16.4 Å². The summed E-state index contributed by atoms with van der Waals surface area (Å²) >= 11 is 5.97. The summed E-state index contributed by atoms with van der Waals surface area (Å²) < 4.78 is 29.8. The van der Waals surface area contributed by atoms with Crippen molar-refractivity contribution in [2.45, 2.75) is 26.4 Å². The van der Waals surface area contributed by atoms with Gasteiger partial charge >= 0.3 is 6.61 Å². The number of nitrogens with zero attached hydrogens (tertiary/aromatic N) is 2. The first-order valence-electron chi connectivity index (χ1n) is 6.62. The van der Waals surface area contributed by atoms with Gasteiger partial charge in [0.15, 0.2) is 0 Å². The highest BCUT2D eigenvalue weighted by molar-refractivity contribution is 6.30. The molecular formula is C16H12ClF2N3O. The Kier molecular flexibility index (Phi) is 4.88. The van der Waals surface area contributed by atoms with Gasteiger partial charge in [-0.3, -0.25) is 0 Å². The summed E-state index contributed by atoms with van der Waals surface area (Å²) in [6, 6.07) is 8.22.